The number of carbonyl (C=O) groups excluding carboxylic acids is 1. The van der Waals surface area contributed by atoms with Crippen LogP contribution < -0.4 is 9.64 Å². The molecule has 0 fully saturated rings. The van der Waals surface area contributed by atoms with Gasteiger partial charge in [-0.25, -0.2) is 4.79 Å². The Bertz CT molecular complexity index is 709. The lowest BCUT2D eigenvalue weighted by Gasteiger charge is -2.35. The van der Waals surface area contributed by atoms with Gasteiger partial charge in [0.1, 0.15) is 18.0 Å². The highest BCUT2D eigenvalue weighted by atomic mass is 16.6. The van der Waals surface area contributed by atoms with E-state index >= 15 is 0 Å². The minimum absolute atomic E-state index is 0.246. The molecule has 0 aliphatic carbocycles. The first-order valence-electron chi connectivity index (χ1n) is 9.85. The maximum absolute atomic E-state index is 12.5. The molecule has 1 N–H and O–H groups in total. The number of benzene rings is 1. The Morgan fingerprint density at radius 1 is 1.30 bits per heavy atom. The standard InChI is InChI=1S/C21H32N2O4/c1-14(24)13-23-10-11-26-18-12-16-6-8-22(20(25)27-21(3,4)5)9-7-17(16)15(2)19(18)23/h12,14,24H,6-11,13H2,1-5H3/t14-/m0/s1. The van der Waals surface area contributed by atoms with E-state index in [1.165, 1.54) is 16.7 Å². The summed E-state index contributed by atoms with van der Waals surface area (Å²) >= 11 is 0. The highest BCUT2D eigenvalue weighted by molar-refractivity contribution is 5.71. The summed E-state index contributed by atoms with van der Waals surface area (Å²) in [6, 6.07) is 2.13. The van der Waals surface area contributed by atoms with Crippen LogP contribution >= 0.6 is 0 Å². The average molecular weight is 376 g/mol. The maximum atomic E-state index is 12.5. The molecule has 1 aromatic rings. The van der Waals surface area contributed by atoms with Crippen LogP contribution in [0.5, 0.6) is 5.75 Å². The second-order valence-electron chi connectivity index (χ2n) is 8.60. The van der Waals surface area contributed by atoms with E-state index in [2.05, 4.69) is 17.9 Å². The lowest BCUT2D eigenvalue weighted by Crippen LogP contribution is -2.38. The molecule has 3 rings (SSSR count). The SMILES string of the molecule is Cc1c2c(cc3c1N(C[C@H](C)O)CCO3)CCN(C(=O)OC(C)(C)C)CC2. The van der Waals surface area contributed by atoms with Crippen molar-refractivity contribution in [2.45, 2.75) is 59.2 Å². The summed E-state index contributed by atoms with van der Waals surface area (Å²) in [7, 11) is 0. The Labute approximate surface area is 162 Å². The van der Waals surface area contributed by atoms with E-state index in [9.17, 15) is 9.90 Å². The van der Waals surface area contributed by atoms with Crippen LogP contribution in [0, 0.1) is 6.92 Å². The monoisotopic (exact) mass is 376 g/mol. The summed E-state index contributed by atoms with van der Waals surface area (Å²) < 4.78 is 11.5. The number of β-amino-alcohol motifs (C(OH)–C–C–N with tert-alkyl or cyclic N) is 1. The van der Waals surface area contributed by atoms with E-state index in [0.29, 0.717) is 26.2 Å². The van der Waals surface area contributed by atoms with Gasteiger partial charge < -0.3 is 24.4 Å². The summed E-state index contributed by atoms with van der Waals surface area (Å²) in [5.74, 6) is 0.892. The highest BCUT2D eigenvalue weighted by Gasteiger charge is 2.29. The number of rotatable bonds is 2. The summed E-state index contributed by atoms with van der Waals surface area (Å²) in [5, 5.41) is 9.85. The first kappa shape index (κ1) is 19.8. The molecule has 27 heavy (non-hydrogen) atoms. The number of carbonyl (C=O) groups is 1. The van der Waals surface area contributed by atoms with E-state index in [0.717, 1.165) is 30.8 Å². The fourth-order valence-corrected chi connectivity index (χ4v) is 3.96. The van der Waals surface area contributed by atoms with Gasteiger partial charge in [0.25, 0.3) is 0 Å². The van der Waals surface area contributed by atoms with Crippen LogP contribution in [0.3, 0.4) is 0 Å². The number of aliphatic hydroxyl groups excluding tert-OH is 1. The van der Waals surface area contributed by atoms with Crippen LogP contribution in [0.2, 0.25) is 0 Å². The van der Waals surface area contributed by atoms with Crippen molar-refractivity contribution in [3.63, 3.8) is 0 Å². The zero-order valence-corrected chi connectivity index (χ0v) is 17.2. The topological polar surface area (TPSA) is 62.2 Å². The van der Waals surface area contributed by atoms with E-state index < -0.39 is 11.7 Å². The largest absolute Gasteiger partial charge is 0.490 e. The second kappa shape index (κ2) is 7.58. The van der Waals surface area contributed by atoms with Gasteiger partial charge in [0.15, 0.2) is 0 Å². The van der Waals surface area contributed by atoms with Crippen molar-refractivity contribution in [1.29, 1.82) is 0 Å². The molecule has 0 aromatic heterocycles. The number of aliphatic hydroxyl groups is 1. The van der Waals surface area contributed by atoms with Crippen LogP contribution in [0.1, 0.15) is 44.4 Å². The summed E-state index contributed by atoms with van der Waals surface area (Å²) in [4.78, 5) is 16.5. The Morgan fingerprint density at radius 3 is 2.67 bits per heavy atom. The van der Waals surface area contributed by atoms with E-state index in [-0.39, 0.29) is 6.09 Å². The molecule has 1 amide bonds. The van der Waals surface area contributed by atoms with Gasteiger partial charge in [0.05, 0.1) is 18.3 Å². The van der Waals surface area contributed by atoms with Gasteiger partial charge in [-0.1, -0.05) is 0 Å². The molecule has 2 aliphatic heterocycles. The summed E-state index contributed by atoms with van der Waals surface area (Å²) in [5.41, 5.74) is 4.35. The molecule has 0 unspecified atom stereocenters. The number of ether oxygens (including phenoxy) is 2. The highest BCUT2D eigenvalue weighted by Crippen LogP contribution is 2.40. The third-order valence-corrected chi connectivity index (χ3v) is 5.09. The minimum atomic E-state index is -0.486. The normalized spacial score (nSPS) is 18.1. The van der Waals surface area contributed by atoms with Gasteiger partial charge in [-0.15, -0.1) is 0 Å². The average Bonchev–Trinajstić information content (AvgIpc) is 2.76. The molecule has 2 aliphatic rings. The Morgan fingerprint density at radius 2 is 2.00 bits per heavy atom. The number of anilines is 1. The number of amides is 1. The van der Waals surface area contributed by atoms with Gasteiger partial charge in [-0.2, -0.15) is 0 Å². The Kier molecular flexibility index (Phi) is 5.56. The van der Waals surface area contributed by atoms with Crippen molar-refractivity contribution < 1.29 is 19.4 Å². The van der Waals surface area contributed by atoms with E-state index in [1.54, 1.807) is 4.90 Å². The molecule has 2 heterocycles. The van der Waals surface area contributed by atoms with Crippen LogP contribution in [0.25, 0.3) is 0 Å². The molecule has 1 aromatic carbocycles. The van der Waals surface area contributed by atoms with Gasteiger partial charge in [0.2, 0.25) is 0 Å². The van der Waals surface area contributed by atoms with Gasteiger partial charge >= 0.3 is 6.09 Å². The number of nitrogens with zero attached hydrogens (tertiary/aromatic N) is 2. The summed E-state index contributed by atoms with van der Waals surface area (Å²) in [6.45, 7) is 12.9. The van der Waals surface area contributed by atoms with Crippen molar-refractivity contribution in [1.82, 2.24) is 4.90 Å². The molecule has 0 radical (unpaired) electrons. The number of fused-ring (bicyclic) bond motifs is 2. The zero-order valence-electron chi connectivity index (χ0n) is 17.2. The molecule has 150 valence electrons. The molecule has 6 heteroatoms. The third kappa shape index (κ3) is 4.49. The van der Waals surface area contributed by atoms with Crippen molar-refractivity contribution in [2.75, 3.05) is 37.7 Å². The van der Waals surface area contributed by atoms with Crippen LogP contribution in [0.4, 0.5) is 10.5 Å². The van der Waals surface area contributed by atoms with Crippen molar-refractivity contribution in [2.24, 2.45) is 0 Å². The predicted octanol–water partition coefficient (Wildman–Crippen LogP) is 2.91. The van der Waals surface area contributed by atoms with Gasteiger partial charge in [0, 0.05) is 19.6 Å². The van der Waals surface area contributed by atoms with Gasteiger partial charge in [-0.05, 0) is 70.2 Å². The van der Waals surface area contributed by atoms with Crippen molar-refractivity contribution in [3.05, 3.63) is 22.8 Å². The first-order chi connectivity index (χ1) is 12.7. The Balaban J connectivity index is 1.85. The molecule has 1 atom stereocenters. The van der Waals surface area contributed by atoms with Crippen LogP contribution in [-0.4, -0.2) is 60.6 Å². The Hall–Kier alpha value is -1.95. The lowest BCUT2D eigenvalue weighted by molar-refractivity contribution is 0.0258. The number of hydrogen-bond donors (Lipinski definition) is 1. The fraction of sp³-hybridized carbons (Fsp3) is 0.667. The van der Waals surface area contributed by atoms with Crippen molar-refractivity contribution >= 4 is 11.8 Å². The molecule has 6 nitrogen and oxygen atoms in total. The second-order valence-corrected chi connectivity index (χ2v) is 8.60. The first-order valence-corrected chi connectivity index (χ1v) is 9.85. The number of hydrogen-bond acceptors (Lipinski definition) is 5. The minimum Gasteiger partial charge on any atom is -0.490 e. The lowest BCUT2D eigenvalue weighted by atomic mass is 9.94. The van der Waals surface area contributed by atoms with Crippen LogP contribution in [0.15, 0.2) is 6.07 Å². The maximum Gasteiger partial charge on any atom is 0.410 e. The molecule has 0 saturated carbocycles. The predicted molar refractivity (Wildman–Crippen MR) is 106 cm³/mol. The zero-order chi connectivity index (χ0) is 19.8. The molecule has 0 spiro atoms. The fourth-order valence-electron chi connectivity index (χ4n) is 3.96. The van der Waals surface area contributed by atoms with Gasteiger partial charge in [-0.3, -0.25) is 0 Å². The quantitative estimate of drug-likeness (QED) is 0.860. The molecular formula is C21H32N2O4. The van der Waals surface area contributed by atoms with Crippen molar-refractivity contribution in [3.8, 4) is 5.75 Å². The molecular weight excluding hydrogens is 344 g/mol. The van der Waals surface area contributed by atoms with Crippen LogP contribution in [-0.2, 0) is 17.6 Å². The smallest absolute Gasteiger partial charge is 0.410 e. The summed E-state index contributed by atoms with van der Waals surface area (Å²) in [6.07, 6.45) is 0.958. The molecule has 0 bridgehead atoms. The third-order valence-electron chi connectivity index (χ3n) is 5.09. The van der Waals surface area contributed by atoms with E-state index in [4.69, 9.17) is 9.47 Å². The van der Waals surface area contributed by atoms with E-state index in [1.807, 2.05) is 27.7 Å². The molecule has 0 saturated heterocycles.